The number of fused-ring (bicyclic) bond motifs is 1. The molecule has 7 heteroatoms. The van der Waals surface area contributed by atoms with Crippen LogP contribution in [0.25, 0.3) is 10.9 Å². The molecule has 2 N–H and O–H groups in total. The molecule has 0 amide bonds. The number of halogens is 1. The van der Waals surface area contributed by atoms with Gasteiger partial charge in [-0.2, -0.15) is 0 Å². The van der Waals surface area contributed by atoms with E-state index in [1.54, 1.807) is 36.5 Å². The molecule has 1 heterocycles. The number of aliphatic carboxylic acids is 1. The molecule has 0 aliphatic rings. The Balaban J connectivity index is 1.39. The molecule has 33 heavy (non-hydrogen) atoms. The van der Waals surface area contributed by atoms with Crippen molar-refractivity contribution in [2.75, 3.05) is 13.2 Å². The van der Waals surface area contributed by atoms with Crippen molar-refractivity contribution in [1.29, 1.82) is 0 Å². The second-order valence-corrected chi connectivity index (χ2v) is 7.89. The number of H-pyrrole nitrogens is 1. The largest absolute Gasteiger partial charge is 0.493 e. The van der Waals surface area contributed by atoms with Crippen molar-refractivity contribution < 1.29 is 24.2 Å². The summed E-state index contributed by atoms with van der Waals surface area (Å²) in [5, 5.41) is 10.4. The second kappa shape index (κ2) is 10.2. The molecule has 0 aliphatic carbocycles. The minimum absolute atomic E-state index is 0.0850. The molecule has 0 aliphatic heterocycles. The topological polar surface area (TPSA) is 88.6 Å². The number of carboxylic acids is 1. The highest BCUT2D eigenvalue weighted by atomic mass is 35.5. The highest BCUT2D eigenvalue weighted by molar-refractivity contribution is 6.31. The first-order valence-electron chi connectivity index (χ1n) is 10.5. The average Bonchev–Trinajstić information content (AvgIpc) is 3.22. The summed E-state index contributed by atoms with van der Waals surface area (Å²) in [6, 6.07) is 19.5. The molecular weight excluding hydrogens is 442 g/mol. The van der Waals surface area contributed by atoms with Gasteiger partial charge in [-0.1, -0.05) is 48.0 Å². The summed E-state index contributed by atoms with van der Waals surface area (Å²) in [5.74, 6) is 0.0264. The molecule has 0 saturated heterocycles. The Morgan fingerprint density at radius 2 is 1.67 bits per heavy atom. The summed E-state index contributed by atoms with van der Waals surface area (Å²) in [6.45, 7) is 0.703. The average molecular weight is 464 g/mol. The van der Waals surface area contributed by atoms with Gasteiger partial charge in [-0.25, -0.2) is 0 Å². The molecule has 4 rings (SSSR count). The number of hydrogen-bond donors (Lipinski definition) is 2. The van der Waals surface area contributed by atoms with Gasteiger partial charge in [-0.05, 0) is 35.9 Å². The number of rotatable bonds is 10. The quantitative estimate of drug-likeness (QED) is 0.238. The number of carbonyl (C=O) groups is 2. The SMILES string of the molecule is O=C(O)Cc1c[nH]c2cccc(OCCCOc3ccc(Cl)cc3C(=O)c3ccccc3)c12. The molecule has 168 valence electrons. The van der Waals surface area contributed by atoms with Gasteiger partial charge in [0.2, 0.25) is 0 Å². The number of aromatic amines is 1. The van der Waals surface area contributed by atoms with Crippen LogP contribution >= 0.6 is 11.6 Å². The van der Waals surface area contributed by atoms with E-state index in [-0.39, 0.29) is 12.2 Å². The number of ketones is 1. The van der Waals surface area contributed by atoms with E-state index in [0.29, 0.717) is 52.8 Å². The van der Waals surface area contributed by atoms with Crippen LogP contribution in [-0.2, 0) is 11.2 Å². The van der Waals surface area contributed by atoms with Gasteiger partial charge >= 0.3 is 5.97 Å². The van der Waals surface area contributed by atoms with E-state index in [4.69, 9.17) is 26.2 Å². The van der Waals surface area contributed by atoms with Crippen molar-refractivity contribution >= 4 is 34.3 Å². The Morgan fingerprint density at radius 1 is 0.909 bits per heavy atom. The van der Waals surface area contributed by atoms with Crippen LogP contribution in [0.4, 0.5) is 0 Å². The summed E-state index contributed by atoms with van der Waals surface area (Å²) < 4.78 is 11.8. The van der Waals surface area contributed by atoms with Gasteiger partial charge in [0, 0.05) is 34.1 Å². The van der Waals surface area contributed by atoms with E-state index in [1.165, 1.54) is 0 Å². The number of aromatic nitrogens is 1. The van der Waals surface area contributed by atoms with E-state index in [0.717, 1.165) is 10.9 Å². The lowest BCUT2D eigenvalue weighted by atomic mass is 10.0. The third-order valence-electron chi connectivity index (χ3n) is 5.12. The molecule has 0 unspecified atom stereocenters. The highest BCUT2D eigenvalue weighted by Gasteiger charge is 2.16. The monoisotopic (exact) mass is 463 g/mol. The maximum Gasteiger partial charge on any atom is 0.307 e. The number of carbonyl (C=O) groups excluding carboxylic acids is 1. The van der Waals surface area contributed by atoms with Gasteiger partial charge in [-0.3, -0.25) is 9.59 Å². The Labute approximate surface area is 195 Å². The van der Waals surface area contributed by atoms with Crippen molar-refractivity contribution in [2.45, 2.75) is 12.8 Å². The summed E-state index contributed by atoms with van der Waals surface area (Å²) in [4.78, 5) is 27.1. The van der Waals surface area contributed by atoms with Gasteiger partial charge in [-0.15, -0.1) is 0 Å². The maximum atomic E-state index is 12.9. The maximum absolute atomic E-state index is 12.9. The van der Waals surface area contributed by atoms with Crippen LogP contribution in [0.3, 0.4) is 0 Å². The molecule has 0 saturated carbocycles. The summed E-state index contributed by atoms with van der Waals surface area (Å²) >= 11 is 6.12. The highest BCUT2D eigenvalue weighted by Crippen LogP contribution is 2.30. The normalized spacial score (nSPS) is 10.8. The fourth-order valence-electron chi connectivity index (χ4n) is 3.62. The third-order valence-corrected chi connectivity index (χ3v) is 5.35. The molecule has 0 spiro atoms. The van der Waals surface area contributed by atoms with Gasteiger partial charge in [0.1, 0.15) is 11.5 Å². The van der Waals surface area contributed by atoms with Crippen molar-refractivity contribution in [1.82, 2.24) is 4.98 Å². The minimum Gasteiger partial charge on any atom is -0.493 e. The Kier molecular flexibility index (Phi) is 6.95. The Morgan fingerprint density at radius 3 is 2.42 bits per heavy atom. The fourth-order valence-corrected chi connectivity index (χ4v) is 3.79. The van der Waals surface area contributed by atoms with Gasteiger partial charge in [0.15, 0.2) is 5.78 Å². The van der Waals surface area contributed by atoms with Crippen molar-refractivity contribution in [3.63, 3.8) is 0 Å². The Hall–Kier alpha value is -3.77. The second-order valence-electron chi connectivity index (χ2n) is 7.45. The zero-order chi connectivity index (χ0) is 23.2. The molecular formula is C26H22ClNO5. The smallest absolute Gasteiger partial charge is 0.307 e. The molecule has 0 radical (unpaired) electrons. The lowest BCUT2D eigenvalue weighted by molar-refractivity contribution is -0.136. The van der Waals surface area contributed by atoms with Crippen LogP contribution in [0.15, 0.2) is 72.9 Å². The lowest BCUT2D eigenvalue weighted by Crippen LogP contribution is -2.09. The lowest BCUT2D eigenvalue weighted by Gasteiger charge is -2.12. The number of nitrogens with one attached hydrogen (secondary N) is 1. The van der Waals surface area contributed by atoms with E-state index in [2.05, 4.69) is 4.98 Å². The predicted molar refractivity (Wildman–Crippen MR) is 127 cm³/mol. The molecule has 6 nitrogen and oxygen atoms in total. The number of ether oxygens (including phenoxy) is 2. The standard InChI is InChI=1S/C26H22ClNO5/c27-19-10-11-22(20(15-19)26(31)17-6-2-1-3-7-17)32-12-5-13-33-23-9-4-8-21-25(23)18(16-28-21)14-24(29)30/h1-4,6-11,15-16,28H,5,12-14H2,(H,29,30). The van der Waals surface area contributed by atoms with Crippen LogP contribution < -0.4 is 9.47 Å². The van der Waals surface area contributed by atoms with E-state index >= 15 is 0 Å². The molecule has 0 fully saturated rings. The summed E-state index contributed by atoms with van der Waals surface area (Å²) in [6.07, 6.45) is 2.18. The van der Waals surface area contributed by atoms with Crippen molar-refractivity contribution in [2.24, 2.45) is 0 Å². The number of hydrogen-bond acceptors (Lipinski definition) is 4. The van der Waals surface area contributed by atoms with Crippen LogP contribution in [0.2, 0.25) is 5.02 Å². The number of carboxylic acid groups (broad SMARTS) is 1. The van der Waals surface area contributed by atoms with Crippen LogP contribution in [0.5, 0.6) is 11.5 Å². The number of benzene rings is 3. The van der Waals surface area contributed by atoms with E-state index < -0.39 is 5.97 Å². The first-order valence-corrected chi connectivity index (χ1v) is 10.9. The first kappa shape index (κ1) is 22.4. The third kappa shape index (κ3) is 5.35. The van der Waals surface area contributed by atoms with Gasteiger partial charge < -0.3 is 19.6 Å². The molecule has 0 bridgehead atoms. The zero-order valence-electron chi connectivity index (χ0n) is 17.7. The van der Waals surface area contributed by atoms with Crippen molar-refractivity contribution in [3.05, 3.63) is 94.6 Å². The Bertz CT molecular complexity index is 1280. The molecule has 1 aromatic heterocycles. The van der Waals surface area contributed by atoms with Gasteiger partial charge in [0.25, 0.3) is 0 Å². The summed E-state index contributed by atoms with van der Waals surface area (Å²) in [5.41, 5.74) is 2.47. The fraction of sp³-hybridized carbons (Fsp3) is 0.154. The molecule has 0 atom stereocenters. The van der Waals surface area contributed by atoms with Crippen LogP contribution in [0.1, 0.15) is 27.9 Å². The molecule has 3 aromatic carbocycles. The van der Waals surface area contributed by atoms with Crippen LogP contribution in [-0.4, -0.2) is 35.1 Å². The molecule has 4 aromatic rings. The first-order chi connectivity index (χ1) is 16.0. The predicted octanol–water partition coefficient (Wildman–Crippen LogP) is 5.53. The van der Waals surface area contributed by atoms with E-state index in [1.807, 2.05) is 36.4 Å². The minimum atomic E-state index is -0.900. The summed E-state index contributed by atoms with van der Waals surface area (Å²) in [7, 11) is 0. The zero-order valence-corrected chi connectivity index (χ0v) is 18.5. The van der Waals surface area contributed by atoms with Gasteiger partial charge in [0.05, 0.1) is 25.2 Å². The van der Waals surface area contributed by atoms with E-state index in [9.17, 15) is 9.59 Å². The van der Waals surface area contributed by atoms with Crippen molar-refractivity contribution in [3.8, 4) is 11.5 Å². The van der Waals surface area contributed by atoms with Crippen LogP contribution in [0, 0.1) is 0 Å².